The number of ether oxygens (including phenoxy) is 4. The highest BCUT2D eigenvalue weighted by Gasteiger charge is 2.19. The molecule has 0 aliphatic carbocycles. The number of hydrogen-bond donors (Lipinski definition) is 1. The SMILES string of the molecule is CCCCNc1ccccc1C(=O)OCc1nnc(-c2cc(OC)c(OC)c(OC)c2)o1. The van der Waals surface area contributed by atoms with Crippen LogP contribution >= 0.6 is 0 Å². The highest BCUT2D eigenvalue weighted by Crippen LogP contribution is 2.40. The summed E-state index contributed by atoms with van der Waals surface area (Å²) in [5.41, 5.74) is 1.76. The fraction of sp³-hybridized carbons (Fsp3) is 0.348. The summed E-state index contributed by atoms with van der Waals surface area (Å²) < 4.78 is 27.1. The topological polar surface area (TPSA) is 105 Å². The van der Waals surface area contributed by atoms with E-state index in [-0.39, 0.29) is 18.4 Å². The van der Waals surface area contributed by atoms with Gasteiger partial charge in [0.15, 0.2) is 18.1 Å². The first-order valence-electron chi connectivity index (χ1n) is 10.2. The molecule has 1 N–H and O–H groups in total. The number of para-hydroxylation sites is 1. The van der Waals surface area contributed by atoms with Crippen LogP contribution in [0.25, 0.3) is 11.5 Å². The van der Waals surface area contributed by atoms with Crippen molar-refractivity contribution in [1.82, 2.24) is 10.2 Å². The highest BCUT2D eigenvalue weighted by atomic mass is 16.5. The van der Waals surface area contributed by atoms with Crippen LogP contribution in [-0.4, -0.2) is 44.0 Å². The van der Waals surface area contributed by atoms with E-state index < -0.39 is 5.97 Å². The molecular formula is C23H27N3O6. The Morgan fingerprint density at radius 3 is 2.41 bits per heavy atom. The fourth-order valence-corrected chi connectivity index (χ4v) is 3.05. The quantitative estimate of drug-likeness (QED) is 0.344. The molecule has 1 heterocycles. The smallest absolute Gasteiger partial charge is 0.340 e. The number of carbonyl (C=O) groups excluding carboxylic acids is 1. The number of nitrogens with one attached hydrogen (secondary N) is 1. The van der Waals surface area contributed by atoms with Crippen LogP contribution in [0.3, 0.4) is 0 Å². The molecule has 9 heteroatoms. The zero-order chi connectivity index (χ0) is 22.9. The molecule has 0 radical (unpaired) electrons. The minimum absolute atomic E-state index is 0.153. The molecule has 170 valence electrons. The summed E-state index contributed by atoms with van der Waals surface area (Å²) in [5, 5.41) is 11.3. The van der Waals surface area contributed by atoms with Crippen LogP contribution in [0.2, 0.25) is 0 Å². The van der Waals surface area contributed by atoms with E-state index in [0.717, 1.165) is 25.1 Å². The van der Waals surface area contributed by atoms with E-state index in [1.165, 1.54) is 21.3 Å². The van der Waals surface area contributed by atoms with E-state index in [4.69, 9.17) is 23.4 Å². The van der Waals surface area contributed by atoms with Gasteiger partial charge in [-0.15, -0.1) is 10.2 Å². The molecule has 32 heavy (non-hydrogen) atoms. The van der Waals surface area contributed by atoms with Crippen molar-refractivity contribution in [2.45, 2.75) is 26.4 Å². The molecule has 2 aromatic carbocycles. The van der Waals surface area contributed by atoms with Crippen molar-refractivity contribution in [2.75, 3.05) is 33.2 Å². The molecule has 1 aromatic heterocycles. The second kappa shape index (κ2) is 11.0. The third-order valence-electron chi connectivity index (χ3n) is 4.70. The molecule has 0 saturated heterocycles. The van der Waals surface area contributed by atoms with Crippen LogP contribution < -0.4 is 19.5 Å². The van der Waals surface area contributed by atoms with Crippen LogP contribution in [0.5, 0.6) is 17.2 Å². The van der Waals surface area contributed by atoms with E-state index in [1.807, 2.05) is 12.1 Å². The highest BCUT2D eigenvalue weighted by molar-refractivity contribution is 5.95. The van der Waals surface area contributed by atoms with Gasteiger partial charge in [0, 0.05) is 17.8 Å². The molecule has 0 aliphatic heterocycles. The zero-order valence-corrected chi connectivity index (χ0v) is 18.6. The first-order chi connectivity index (χ1) is 15.6. The lowest BCUT2D eigenvalue weighted by Crippen LogP contribution is -2.10. The van der Waals surface area contributed by atoms with E-state index in [2.05, 4.69) is 22.4 Å². The van der Waals surface area contributed by atoms with Crippen molar-refractivity contribution in [3.63, 3.8) is 0 Å². The van der Waals surface area contributed by atoms with Gasteiger partial charge >= 0.3 is 5.97 Å². The third-order valence-corrected chi connectivity index (χ3v) is 4.70. The van der Waals surface area contributed by atoms with Gasteiger partial charge in [-0.1, -0.05) is 25.5 Å². The van der Waals surface area contributed by atoms with Gasteiger partial charge in [-0.3, -0.25) is 0 Å². The largest absolute Gasteiger partial charge is 0.493 e. The molecule has 3 aromatic rings. The number of nitrogens with zero attached hydrogens (tertiary/aromatic N) is 2. The number of aromatic nitrogens is 2. The number of methoxy groups -OCH3 is 3. The first-order valence-corrected chi connectivity index (χ1v) is 10.2. The van der Waals surface area contributed by atoms with Gasteiger partial charge in [-0.25, -0.2) is 4.79 Å². The standard InChI is InChI=1S/C23H27N3O6/c1-5-6-11-24-17-10-8-7-9-16(17)23(27)31-14-20-25-26-22(32-20)15-12-18(28-2)21(30-4)19(13-15)29-3/h7-10,12-13,24H,5-6,11,14H2,1-4H3. The maximum atomic E-state index is 12.6. The summed E-state index contributed by atoms with van der Waals surface area (Å²) in [6.45, 7) is 2.74. The molecule has 0 bridgehead atoms. The number of carbonyl (C=O) groups is 1. The lowest BCUT2D eigenvalue weighted by Gasteiger charge is -2.12. The number of esters is 1. The lowest BCUT2D eigenvalue weighted by atomic mass is 10.1. The summed E-state index contributed by atoms with van der Waals surface area (Å²) in [6, 6.07) is 10.6. The second-order valence-electron chi connectivity index (χ2n) is 6.82. The van der Waals surface area contributed by atoms with E-state index >= 15 is 0 Å². The minimum atomic E-state index is -0.475. The Labute approximate surface area is 186 Å². The predicted octanol–water partition coefficient (Wildman–Crippen LogP) is 4.33. The van der Waals surface area contributed by atoms with Crippen molar-refractivity contribution < 1.29 is 28.2 Å². The van der Waals surface area contributed by atoms with Gasteiger partial charge in [-0.2, -0.15) is 0 Å². The maximum Gasteiger partial charge on any atom is 0.340 e. The molecular weight excluding hydrogens is 414 g/mol. The Balaban J connectivity index is 1.71. The van der Waals surface area contributed by atoms with Gasteiger partial charge in [0.05, 0.1) is 26.9 Å². The average Bonchev–Trinajstić information content (AvgIpc) is 3.31. The van der Waals surface area contributed by atoms with Crippen molar-refractivity contribution in [1.29, 1.82) is 0 Å². The molecule has 0 fully saturated rings. The Kier molecular flexibility index (Phi) is 7.91. The van der Waals surface area contributed by atoms with Gasteiger partial charge in [0.25, 0.3) is 5.89 Å². The summed E-state index contributed by atoms with van der Waals surface area (Å²) >= 11 is 0. The van der Waals surface area contributed by atoms with Crippen LogP contribution in [0.1, 0.15) is 36.0 Å². The Hall–Kier alpha value is -3.75. The number of rotatable bonds is 11. The van der Waals surface area contributed by atoms with E-state index in [0.29, 0.717) is 28.4 Å². The van der Waals surface area contributed by atoms with Crippen LogP contribution in [0, 0.1) is 0 Å². The second-order valence-corrected chi connectivity index (χ2v) is 6.82. The average molecular weight is 441 g/mol. The summed E-state index contributed by atoms with van der Waals surface area (Å²) in [7, 11) is 4.57. The molecule has 9 nitrogen and oxygen atoms in total. The predicted molar refractivity (Wildman–Crippen MR) is 118 cm³/mol. The molecule has 0 saturated carbocycles. The summed E-state index contributed by atoms with van der Waals surface area (Å²) in [6.07, 6.45) is 2.07. The van der Waals surface area contributed by atoms with Crippen molar-refractivity contribution in [3.8, 4) is 28.7 Å². The van der Waals surface area contributed by atoms with E-state index in [9.17, 15) is 4.79 Å². The first kappa shape index (κ1) is 22.9. The number of benzene rings is 2. The maximum absolute atomic E-state index is 12.6. The van der Waals surface area contributed by atoms with Crippen molar-refractivity contribution in [3.05, 3.63) is 47.9 Å². The number of unbranched alkanes of at least 4 members (excludes halogenated alkanes) is 1. The molecule has 0 amide bonds. The normalized spacial score (nSPS) is 10.5. The third kappa shape index (κ3) is 5.29. The summed E-state index contributed by atoms with van der Waals surface area (Å²) in [4.78, 5) is 12.6. The van der Waals surface area contributed by atoms with Gasteiger partial charge < -0.3 is 28.7 Å². The molecule has 0 unspecified atom stereocenters. The molecule has 0 spiro atoms. The van der Waals surface area contributed by atoms with Crippen molar-refractivity contribution in [2.24, 2.45) is 0 Å². The Morgan fingerprint density at radius 2 is 1.75 bits per heavy atom. The lowest BCUT2D eigenvalue weighted by molar-refractivity contribution is 0.0440. The minimum Gasteiger partial charge on any atom is -0.493 e. The fourth-order valence-electron chi connectivity index (χ4n) is 3.05. The molecule has 3 rings (SSSR count). The zero-order valence-electron chi connectivity index (χ0n) is 18.6. The van der Waals surface area contributed by atoms with Gasteiger partial charge in [0.1, 0.15) is 0 Å². The number of hydrogen-bond acceptors (Lipinski definition) is 9. The Bertz CT molecular complexity index is 1020. The van der Waals surface area contributed by atoms with Gasteiger partial charge in [-0.05, 0) is 30.7 Å². The number of anilines is 1. The molecule has 0 atom stereocenters. The van der Waals surface area contributed by atoms with Crippen molar-refractivity contribution >= 4 is 11.7 Å². The van der Waals surface area contributed by atoms with Crippen LogP contribution in [0.15, 0.2) is 40.8 Å². The monoisotopic (exact) mass is 441 g/mol. The molecule has 0 aliphatic rings. The van der Waals surface area contributed by atoms with Crippen LogP contribution in [-0.2, 0) is 11.3 Å². The van der Waals surface area contributed by atoms with E-state index in [1.54, 1.807) is 24.3 Å². The van der Waals surface area contributed by atoms with Crippen LogP contribution in [0.4, 0.5) is 5.69 Å². The van der Waals surface area contributed by atoms with Gasteiger partial charge in [0.2, 0.25) is 11.6 Å². The Morgan fingerprint density at radius 1 is 1.03 bits per heavy atom. The summed E-state index contributed by atoms with van der Waals surface area (Å²) in [5.74, 6) is 1.30.